The second-order valence-electron chi connectivity index (χ2n) is 6.81. The molecular weight excluding hydrogens is 366 g/mol. The minimum Gasteiger partial charge on any atom is -0.319 e. The van der Waals surface area contributed by atoms with Crippen LogP contribution in [0.3, 0.4) is 0 Å². The van der Waals surface area contributed by atoms with Gasteiger partial charge < -0.3 is 10.2 Å². The molecule has 1 saturated heterocycles. The molecule has 3 rings (SSSR count). The van der Waals surface area contributed by atoms with Crippen molar-refractivity contribution >= 4 is 29.4 Å². The number of hydrogen-bond acceptors (Lipinski definition) is 3. The fourth-order valence-corrected chi connectivity index (χ4v) is 3.93. The Balaban J connectivity index is 1.82. The molecule has 1 aliphatic heterocycles. The van der Waals surface area contributed by atoms with Gasteiger partial charge in [-0.3, -0.25) is 14.5 Å². The maximum Gasteiger partial charge on any atom is 0.325 e. The largest absolute Gasteiger partial charge is 0.325 e. The third-order valence-corrected chi connectivity index (χ3v) is 5.57. The summed E-state index contributed by atoms with van der Waals surface area (Å²) in [5.41, 5.74) is 0.480. The molecule has 1 aliphatic carbocycles. The summed E-state index contributed by atoms with van der Waals surface area (Å²) in [5.74, 6) is -0.640. The van der Waals surface area contributed by atoms with Crippen LogP contribution in [0.2, 0.25) is 5.02 Å². The summed E-state index contributed by atoms with van der Waals surface area (Å²) in [5, 5.41) is 3.35. The fraction of sp³-hybridized carbons (Fsp3) is 0.450. The first-order valence-corrected chi connectivity index (χ1v) is 9.70. The summed E-state index contributed by atoms with van der Waals surface area (Å²) in [7, 11) is 0. The van der Waals surface area contributed by atoms with Crippen molar-refractivity contribution in [3.8, 4) is 0 Å². The minimum atomic E-state index is -1.16. The van der Waals surface area contributed by atoms with Gasteiger partial charge in [-0.25, -0.2) is 4.79 Å². The van der Waals surface area contributed by atoms with Crippen molar-refractivity contribution in [2.24, 2.45) is 0 Å². The number of halogens is 1. The van der Waals surface area contributed by atoms with Crippen LogP contribution < -0.4 is 5.32 Å². The Kier molecular flexibility index (Phi) is 5.56. The van der Waals surface area contributed by atoms with Crippen molar-refractivity contribution in [3.05, 3.63) is 46.6 Å². The molecule has 0 saturated carbocycles. The molecule has 6 nitrogen and oxygen atoms in total. The van der Waals surface area contributed by atoms with Crippen molar-refractivity contribution in [3.63, 3.8) is 0 Å². The average molecular weight is 390 g/mol. The second kappa shape index (κ2) is 7.72. The number of amides is 4. The smallest absolute Gasteiger partial charge is 0.319 e. The predicted octanol–water partition coefficient (Wildman–Crippen LogP) is 3.41. The number of carbonyl (C=O) groups excluding carboxylic acids is 3. The molecule has 4 amide bonds. The van der Waals surface area contributed by atoms with Gasteiger partial charge in [0.1, 0.15) is 12.1 Å². The lowest BCUT2D eigenvalue weighted by Crippen LogP contribution is -2.45. The quantitative estimate of drug-likeness (QED) is 0.758. The van der Waals surface area contributed by atoms with Gasteiger partial charge in [0.25, 0.3) is 5.91 Å². The highest BCUT2D eigenvalue weighted by Crippen LogP contribution is 2.33. The molecule has 1 atom stereocenters. The van der Waals surface area contributed by atoms with Gasteiger partial charge in [-0.05, 0) is 50.3 Å². The van der Waals surface area contributed by atoms with Crippen molar-refractivity contribution in [1.82, 2.24) is 15.1 Å². The summed E-state index contributed by atoms with van der Waals surface area (Å²) in [6.45, 7) is 3.99. The zero-order valence-electron chi connectivity index (χ0n) is 15.6. The first-order valence-electron chi connectivity index (χ1n) is 9.32. The summed E-state index contributed by atoms with van der Waals surface area (Å²) in [6, 6.07) is 6.30. The van der Waals surface area contributed by atoms with E-state index in [9.17, 15) is 14.4 Å². The number of imide groups is 1. The fourth-order valence-electron chi connectivity index (χ4n) is 3.80. The Morgan fingerprint density at radius 1 is 1.26 bits per heavy atom. The van der Waals surface area contributed by atoms with Crippen LogP contribution in [0.25, 0.3) is 0 Å². The minimum absolute atomic E-state index is 0.239. The molecule has 1 N–H and O–H groups in total. The highest BCUT2D eigenvalue weighted by molar-refractivity contribution is 6.30. The third kappa shape index (κ3) is 3.46. The van der Waals surface area contributed by atoms with Crippen molar-refractivity contribution < 1.29 is 14.4 Å². The van der Waals surface area contributed by atoms with E-state index < -0.39 is 17.5 Å². The molecule has 1 heterocycles. The van der Waals surface area contributed by atoms with E-state index in [0.717, 1.165) is 29.9 Å². The van der Waals surface area contributed by atoms with Gasteiger partial charge in [-0.1, -0.05) is 36.7 Å². The van der Waals surface area contributed by atoms with Crippen LogP contribution >= 0.6 is 11.6 Å². The van der Waals surface area contributed by atoms with Crippen molar-refractivity contribution in [1.29, 1.82) is 0 Å². The van der Waals surface area contributed by atoms with E-state index in [1.807, 2.05) is 13.8 Å². The first-order chi connectivity index (χ1) is 12.9. The Labute approximate surface area is 164 Å². The highest BCUT2D eigenvalue weighted by atomic mass is 35.5. The lowest BCUT2D eigenvalue weighted by atomic mass is 9.87. The zero-order valence-corrected chi connectivity index (χ0v) is 16.4. The molecular formula is C20H24ClN3O3. The molecule has 7 heteroatoms. The number of carbonyl (C=O) groups is 3. The molecule has 144 valence electrons. The lowest BCUT2D eigenvalue weighted by molar-refractivity contribution is -0.138. The lowest BCUT2D eigenvalue weighted by Gasteiger charge is -2.27. The van der Waals surface area contributed by atoms with E-state index in [0.29, 0.717) is 23.6 Å². The van der Waals surface area contributed by atoms with Crippen LogP contribution in [-0.2, 0) is 15.1 Å². The second-order valence-corrected chi connectivity index (χ2v) is 7.25. The molecule has 1 unspecified atom stereocenters. The summed E-state index contributed by atoms with van der Waals surface area (Å²) >= 11 is 5.94. The average Bonchev–Trinajstić information content (AvgIpc) is 3.26. The van der Waals surface area contributed by atoms with Crippen molar-refractivity contribution in [2.75, 3.05) is 13.1 Å². The van der Waals surface area contributed by atoms with E-state index in [2.05, 4.69) is 11.4 Å². The molecule has 27 heavy (non-hydrogen) atoms. The monoisotopic (exact) mass is 389 g/mol. The molecule has 0 aromatic heterocycles. The van der Waals surface area contributed by atoms with Gasteiger partial charge in [0.2, 0.25) is 5.91 Å². The number of allylic oxidation sites excluding steroid dienone is 2. The standard InChI is InChI=1S/C20H24ClN3O3/c1-3-20(14-9-11-15(21)12-10-14)18(26)24(19(27)22-20)13-17(25)23(4-2)16-7-5-6-8-16/h7,9-12H,3-6,8,13H2,1-2H3,(H,22,27). The van der Waals surface area contributed by atoms with Gasteiger partial charge in [0, 0.05) is 17.3 Å². The molecule has 0 spiro atoms. The topological polar surface area (TPSA) is 69.7 Å². The Hall–Kier alpha value is -2.34. The maximum atomic E-state index is 13.1. The van der Waals surface area contributed by atoms with Crippen LogP contribution in [0, 0.1) is 0 Å². The summed E-state index contributed by atoms with van der Waals surface area (Å²) in [6.07, 6.45) is 5.27. The number of urea groups is 1. The number of rotatable bonds is 6. The normalized spacial score (nSPS) is 22.0. The Morgan fingerprint density at radius 3 is 2.52 bits per heavy atom. The molecule has 0 radical (unpaired) electrons. The summed E-state index contributed by atoms with van der Waals surface area (Å²) < 4.78 is 0. The SMILES string of the molecule is CCN(C(=O)CN1C(=O)NC(CC)(c2ccc(Cl)cc2)C1=O)C1=CCCC1. The van der Waals surface area contributed by atoms with Crippen LogP contribution in [0.15, 0.2) is 36.0 Å². The first kappa shape index (κ1) is 19.4. The third-order valence-electron chi connectivity index (χ3n) is 5.32. The number of hydrogen-bond donors (Lipinski definition) is 1. The number of nitrogens with one attached hydrogen (secondary N) is 1. The van der Waals surface area contributed by atoms with Gasteiger partial charge in [-0.15, -0.1) is 0 Å². The van der Waals surface area contributed by atoms with Crippen LogP contribution in [0.4, 0.5) is 4.79 Å². The van der Waals surface area contributed by atoms with E-state index >= 15 is 0 Å². The predicted molar refractivity (Wildman–Crippen MR) is 103 cm³/mol. The van der Waals surface area contributed by atoms with Crippen LogP contribution in [0.5, 0.6) is 0 Å². The molecule has 1 aromatic rings. The number of likely N-dealkylation sites (N-methyl/N-ethyl adjacent to an activating group) is 1. The van der Waals surface area contributed by atoms with E-state index in [1.165, 1.54) is 0 Å². The molecule has 1 aromatic carbocycles. The van der Waals surface area contributed by atoms with E-state index in [1.54, 1.807) is 29.2 Å². The van der Waals surface area contributed by atoms with Gasteiger partial charge in [0.05, 0.1) is 0 Å². The Morgan fingerprint density at radius 2 is 1.96 bits per heavy atom. The summed E-state index contributed by atoms with van der Waals surface area (Å²) in [4.78, 5) is 41.2. The molecule has 2 aliphatic rings. The number of benzene rings is 1. The van der Waals surface area contributed by atoms with E-state index in [4.69, 9.17) is 11.6 Å². The molecule has 1 fully saturated rings. The maximum absolute atomic E-state index is 13.1. The Bertz CT molecular complexity index is 790. The molecule has 0 bridgehead atoms. The van der Waals surface area contributed by atoms with Crippen LogP contribution in [-0.4, -0.2) is 40.7 Å². The van der Waals surface area contributed by atoms with Gasteiger partial charge >= 0.3 is 6.03 Å². The van der Waals surface area contributed by atoms with Crippen LogP contribution in [0.1, 0.15) is 45.1 Å². The van der Waals surface area contributed by atoms with E-state index in [-0.39, 0.29) is 12.5 Å². The van der Waals surface area contributed by atoms with Crippen molar-refractivity contribution in [2.45, 2.75) is 45.1 Å². The highest BCUT2D eigenvalue weighted by Gasteiger charge is 2.51. The number of nitrogens with zero attached hydrogens (tertiary/aromatic N) is 2. The zero-order chi connectivity index (χ0) is 19.6. The van der Waals surface area contributed by atoms with Gasteiger partial charge in [-0.2, -0.15) is 0 Å². The van der Waals surface area contributed by atoms with Gasteiger partial charge in [0.15, 0.2) is 0 Å².